The maximum Gasteiger partial charge on any atom is 0.235 e. The van der Waals surface area contributed by atoms with E-state index in [-0.39, 0.29) is 11.3 Å². The third-order valence-corrected chi connectivity index (χ3v) is 4.36. The zero-order chi connectivity index (χ0) is 14.5. The van der Waals surface area contributed by atoms with E-state index in [2.05, 4.69) is 13.8 Å². The molecule has 2 aliphatic heterocycles. The van der Waals surface area contributed by atoms with E-state index in [0.717, 1.165) is 24.1 Å². The van der Waals surface area contributed by atoms with Gasteiger partial charge in [-0.15, -0.1) is 0 Å². The maximum absolute atomic E-state index is 12.9. The molecule has 1 fully saturated rings. The molecule has 20 heavy (non-hydrogen) atoms. The van der Waals surface area contributed by atoms with Gasteiger partial charge in [0.1, 0.15) is 5.72 Å². The van der Waals surface area contributed by atoms with Crippen molar-refractivity contribution in [2.75, 3.05) is 4.90 Å². The minimum atomic E-state index is -0.455. The molecule has 3 nitrogen and oxygen atoms in total. The van der Waals surface area contributed by atoms with Crippen LogP contribution in [0.5, 0.6) is 0 Å². The molecule has 2 aliphatic rings. The summed E-state index contributed by atoms with van der Waals surface area (Å²) in [4.78, 5) is 14.8. The second-order valence-electron chi connectivity index (χ2n) is 7.16. The Labute approximate surface area is 120 Å². The van der Waals surface area contributed by atoms with Crippen LogP contribution in [0.3, 0.4) is 0 Å². The molecule has 0 aromatic heterocycles. The topological polar surface area (TPSA) is 29.5 Å². The van der Waals surface area contributed by atoms with Crippen molar-refractivity contribution in [2.45, 2.75) is 52.9 Å². The average Bonchev–Trinajstić information content (AvgIpc) is 2.56. The van der Waals surface area contributed by atoms with Crippen LogP contribution in [0, 0.1) is 11.3 Å². The maximum atomic E-state index is 12.9. The molecule has 1 unspecified atom stereocenters. The van der Waals surface area contributed by atoms with Crippen molar-refractivity contribution >= 4 is 11.6 Å². The van der Waals surface area contributed by atoms with Crippen molar-refractivity contribution in [3.05, 3.63) is 29.8 Å². The van der Waals surface area contributed by atoms with E-state index < -0.39 is 5.72 Å². The van der Waals surface area contributed by atoms with E-state index in [1.807, 2.05) is 43.0 Å². The fourth-order valence-electron chi connectivity index (χ4n) is 3.70. The lowest BCUT2D eigenvalue weighted by molar-refractivity contribution is -0.125. The Balaban J connectivity index is 2.12. The molecule has 0 saturated carbocycles. The third kappa shape index (κ3) is 1.87. The van der Waals surface area contributed by atoms with E-state index in [4.69, 9.17) is 4.74 Å². The van der Waals surface area contributed by atoms with Gasteiger partial charge in [-0.05, 0) is 18.4 Å². The zero-order valence-electron chi connectivity index (χ0n) is 12.8. The van der Waals surface area contributed by atoms with Crippen LogP contribution in [0.1, 0.15) is 46.1 Å². The van der Waals surface area contributed by atoms with E-state index in [9.17, 15) is 4.79 Å². The van der Waals surface area contributed by atoms with Crippen LogP contribution >= 0.6 is 0 Å². The summed E-state index contributed by atoms with van der Waals surface area (Å²) in [5, 5.41) is 0. The molecular weight excluding hydrogens is 250 g/mol. The summed E-state index contributed by atoms with van der Waals surface area (Å²) >= 11 is 0. The molecule has 0 N–H and O–H groups in total. The largest absolute Gasteiger partial charge is 0.350 e. The van der Waals surface area contributed by atoms with Crippen molar-refractivity contribution in [3.8, 4) is 0 Å². The average molecular weight is 273 g/mol. The van der Waals surface area contributed by atoms with Crippen molar-refractivity contribution in [2.24, 2.45) is 11.3 Å². The predicted molar refractivity (Wildman–Crippen MR) is 79.3 cm³/mol. The Hall–Kier alpha value is -1.35. The Bertz CT molecular complexity index is 550. The van der Waals surface area contributed by atoms with E-state index in [1.165, 1.54) is 0 Å². The zero-order valence-corrected chi connectivity index (χ0v) is 12.8. The number of rotatable bonds is 2. The van der Waals surface area contributed by atoms with E-state index in [1.54, 1.807) is 0 Å². The van der Waals surface area contributed by atoms with Gasteiger partial charge >= 0.3 is 0 Å². The van der Waals surface area contributed by atoms with Crippen molar-refractivity contribution in [3.63, 3.8) is 0 Å². The molecule has 108 valence electrons. The SMILES string of the molecule is CC(C)CC12CC(C)(C)C(=O)N1c1ccccc1CO2. The van der Waals surface area contributed by atoms with Gasteiger partial charge in [-0.1, -0.05) is 45.9 Å². The Morgan fingerprint density at radius 1 is 1.30 bits per heavy atom. The highest BCUT2D eigenvalue weighted by molar-refractivity contribution is 6.01. The number of benzene rings is 1. The highest BCUT2D eigenvalue weighted by Gasteiger charge is 2.58. The van der Waals surface area contributed by atoms with Gasteiger partial charge in [0.25, 0.3) is 0 Å². The number of ether oxygens (including phenoxy) is 1. The number of amides is 1. The summed E-state index contributed by atoms with van der Waals surface area (Å²) in [7, 11) is 0. The minimum absolute atomic E-state index is 0.185. The number of nitrogens with zero attached hydrogens (tertiary/aromatic N) is 1. The van der Waals surface area contributed by atoms with Gasteiger partial charge in [-0.25, -0.2) is 0 Å². The number of carbonyl (C=O) groups is 1. The lowest BCUT2D eigenvalue weighted by Gasteiger charge is -2.43. The lowest BCUT2D eigenvalue weighted by atomic mass is 9.85. The molecule has 1 aromatic carbocycles. The molecule has 1 atom stereocenters. The quantitative estimate of drug-likeness (QED) is 0.822. The van der Waals surface area contributed by atoms with Crippen LogP contribution in [0.2, 0.25) is 0 Å². The molecule has 0 bridgehead atoms. The fourth-order valence-corrected chi connectivity index (χ4v) is 3.70. The van der Waals surface area contributed by atoms with E-state index in [0.29, 0.717) is 12.5 Å². The van der Waals surface area contributed by atoms with Gasteiger partial charge in [-0.2, -0.15) is 0 Å². The smallest absolute Gasteiger partial charge is 0.235 e. The van der Waals surface area contributed by atoms with Crippen molar-refractivity contribution in [1.29, 1.82) is 0 Å². The first-order chi connectivity index (χ1) is 9.36. The van der Waals surface area contributed by atoms with Crippen LogP contribution in [-0.4, -0.2) is 11.6 Å². The normalized spacial score (nSPS) is 27.6. The van der Waals surface area contributed by atoms with Crippen LogP contribution in [0.25, 0.3) is 0 Å². The van der Waals surface area contributed by atoms with Gasteiger partial charge in [-0.3, -0.25) is 9.69 Å². The molecule has 1 saturated heterocycles. The molecule has 1 aromatic rings. The second-order valence-corrected chi connectivity index (χ2v) is 7.16. The van der Waals surface area contributed by atoms with Crippen LogP contribution < -0.4 is 4.90 Å². The fraction of sp³-hybridized carbons (Fsp3) is 0.588. The van der Waals surface area contributed by atoms with Crippen LogP contribution in [0.15, 0.2) is 24.3 Å². The summed E-state index contributed by atoms with van der Waals surface area (Å²) in [5.74, 6) is 0.676. The van der Waals surface area contributed by atoms with Gasteiger partial charge < -0.3 is 4.74 Å². The molecule has 0 spiro atoms. The monoisotopic (exact) mass is 273 g/mol. The molecule has 3 rings (SSSR count). The number of hydrogen-bond donors (Lipinski definition) is 0. The molecule has 1 amide bonds. The Kier molecular flexibility index (Phi) is 2.94. The Morgan fingerprint density at radius 3 is 2.70 bits per heavy atom. The van der Waals surface area contributed by atoms with Crippen molar-refractivity contribution in [1.82, 2.24) is 0 Å². The molecule has 0 radical (unpaired) electrons. The summed E-state index contributed by atoms with van der Waals surface area (Å²) in [6, 6.07) is 8.10. The number of anilines is 1. The van der Waals surface area contributed by atoms with Crippen LogP contribution in [0.4, 0.5) is 5.69 Å². The summed E-state index contributed by atoms with van der Waals surface area (Å²) in [5.41, 5.74) is 1.34. The number of hydrogen-bond acceptors (Lipinski definition) is 2. The molecule has 2 heterocycles. The lowest BCUT2D eigenvalue weighted by Crippen LogP contribution is -2.51. The summed E-state index contributed by atoms with van der Waals surface area (Å²) < 4.78 is 6.24. The molecule has 0 aliphatic carbocycles. The first-order valence-electron chi connectivity index (χ1n) is 7.42. The Morgan fingerprint density at radius 2 is 2.00 bits per heavy atom. The number of para-hydroxylation sites is 1. The highest BCUT2D eigenvalue weighted by atomic mass is 16.5. The highest BCUT2D eigenvalue weighted by Crippen LogP contribution is 2.51. The van der Waals surface area contributed by atoms with Crippen LogP contribution in [-0.2, 0) is 16.1 Å². The third-order valence-electron chi connectivity index (χ3n) is 4.36. The number of carbonyl (C=O) groups excluding carboxylic acids is 1. The molecule has 3 heteroatoms. The van der Waals surface area contributed by atoms with Gasteiger partial charge in [0, 0.05) is 17.4 Å². The first-order valence-corrected chi connectivity index (χ1v) is 7.42. The first kappa shape index (κ1) is 13.6. The number of fused-ring (bicyclic) bond motifs is 3. The van der Waals surface area contributed by atoms with Gasteiger partial charge in [0.2, 0.25) is 5.91 Å². The van der Waals surface area contributed by atoms with Gasteiger partial charge in [0.15, 0.2) is 0 Å². The minimum Gasteiger partial charge on any atom is -0.350 e. The second kappa shape index (κ2) is 4.32. The predicted octanol–water partition coefficient (Wildman–Crippen LogP) is 3.72. The van der Waals surface area contributed by atoms with Crippen molar-refractivity contribution < 1.29 is 9.53 Å². The summed E-state index contributed by atoms with van der Waals surface area (Å²) in [6.07, 6.45) is 1.65. The standard InChI is InChI=1S/C17H23NO2/c1-12(2)9-17-11-16(3,4)15(19)18(17)14-8-6-5-7-13(14)10-20-17/h5-8,12H,9-11H2,1-4H3. The van der Waals surface area contributed by atoms with Gasteiger partial charge in [0.05, 0.1) is 12.3 Å². The molecular formula is C17H23NO2. The van der Waals surface area contributed by atoms with E-state index >= 15 is 0 Å². The summed E-state index contributed by atoms with van der Waals surface area (Å²) in [6.45, 7) is 9.03.